The number of carbonyl (C=O) groups excluding carboxylic acids is 1. The molecule has 0 spiro atoms. The Balaban J connectivity index is 0.000000761. The van der Waals surface area contributed by atoms with E-state index in [0.29, 0.717) is 5.02 Å². The van der Waals surface area contributed by atoms with Crippen LogP contribution in [0.4, 0.5) is 24.5 Å². The lowest BCUT2D eigenvalue weighted by Gasteiger charge is -2.16. The maximum absolute atomic E-state index is 12.2. The molecule has 3 aromatic rings. The van der Waals surface area contributed by atoms with Gasteiger partial charge in [-0.05, 0) is 74.7 Å². The number of hydrogen-bond acceptors (Lipinski definition) is 3. The smallest absolute Gasteiger partial charge is 0.416 e. The van der Waals surface area contributed by atoms with Crippen molar-refractivity contribution in [1.29, 1.82) is 0 Å². The second-order valence-corrected chi connectivity index (χ2v) is 8.69. The van der Waals surface area contributed by atoms with Crippen LogP contribution in [0, 0.1) is 6.92 Å². The van der Waals surface area contributed by atoms with Crippen LogP contribution in [0.15, 0.2) is 65.3 Å². The van der Waals surface area contributed by atoms with Gasteiger partial charge in [-0.3, -0.25) is 9.79 Å². The third kappa shape index (κ3) is 12.3. The summed E-state index contributed by atoms with van der Waals surface area (Å²) in [6, 6.07) is 12.2. The molecule has 0 radical (unpaired) electrons. The lowest BCUT2D eigenvalue weighted by Crippen LogP contribution is -2.09. The number of aryl methyl sites for hydroxylation is 2. The zero-order valence-electron chi connectivity index (χ0n) is 25.7. The molecule has 0 bridgehead atoms. The molecule has 1 amide bonds. The third-order valence-electron chi connectivity index (χ3n) is 5.33. The van der Waals surface area contributed by atoms with Crippen molar-refractivity contribution in [3.05, 3.63) is 82.1 Å². The molecule has 5 nitrogen and oxygen atoms in total. The molecule has 9 heteroatoms. The van der Waals surface area contributed by atoms with E-state index in [1.165, 1.54) is 19.1 Å². The number of halogens is 4. The van der Waals surface area contributed by atoms with E-state index in [1.54, 1.807) is 6.21 Å². The van der Waals surface area contributed by atoms with Crippen molar-refractivity contribution >= 4 is 40.9 Å². The number of amides is 1. The maximum Gasteiger partial charge on any atom is 0.416 e. The van der Waals surface area contributed by atoms with Gasteiger partial charge in [0.15, 0.2) is 5.76 Å². The van der Waals surface area contributed by atoms with Gasteiger partial charge < -0.3 is 14.6 Å². The van der Waals surface area contributed by atoms with Gasteiger partial charge in [0.25, 0.3) is 0 Å². The number of aromatic nitrogens is 1. The largest absolute Gasteiger partial charge is 0.455 e. The van der Waals surface area contributed by atoms with E-state index in [4.69, 9.17) is 16.3 Å². The highest BCUT2D eigenvalue weighted by molar-refractivity contribution is 6.31. The van der Waals surface area contributed by atoms with Gasteiger partial charge in [0.05, 0.1) is 11.3 Å². The Kier molecular flexibility index (Phi) is 17.1. The molecule has 2 aromatic carbocycles. The van der Waals surface area contributed by atoms with E-state index in [2.05, 4.69) is 24.2 Å². The minimum Gasteiger partial charge on any atom is -0.455 e. The Bertz CT molecular complexity index is 1300. The van der Waals surface area contributed by atoms with Crippen LogP contribution < -0.4 is 10.1 Å². The Hall–Kier alpha value is -3.52. The molecule has 41 heavy (non-hydrogen) atoms. The average molecular weight is 594 g/mol. The number of allylic oxidation sites excluding steroid dienone is 1. The molecule has 1 heterocycles. The van der Waals surface area contributed by atoms with Gasteiger partial charge in [-0.15, -0.1) is 0 Å². The normalized spacial score (nSPS) is 11.2. The van der Waals surface area contributed by atoms with Crippen molar-refractivity contribution in [2.24, 2.45) is 12.0 Å². The number of aliphatic imine (C=N–C) groups is 1. The fourth-order valence-corrected chi connectivity index (χ4v) is 3.44. The van der Waals surface area contributed by atoms with Gasteiger partial charge in [0, 0.05) is 37.1 Å². The van der Waals surface area contributed by atoms with Gasteiger partial charge in [-0.1, -0.05) is 58.4 Å². The van der Waals surface area contributed by atoms with Crippen LogP contribution in [0.5, 0.6) is 5.75 Å². The lowest BCUT2D eigenvalue weighted by atomic mass is 10.1. The highest BCUT2D eigenvalue weighted by Gasteiger charge is 2.30. The van der Waals surface area contributed by atoms with Crippen molar-refractivity contribution < 1.29 is 22.7 Å². The van der Waals surface area contributed by atoms with Gasteiger partial charge in [-0.25, -0.2) is 0 Å². The molecule has 0 saturated heterocycles. The lowest BCUT2D eigenvalue weighted by molar-refractivity contribution is -0.137. The number of hydrogen-bond donors (Lipinski definition) is 1. The first-order valence-electron chi connectivity index (χ1n) is 13.6. The molecule has 0 aliphatic carbocycles. The first-order valence-corrected chi connectivity index (χ1v) is 14.0. The summed E-state index contributed by atoms with van der Waals surface area (Å²) in [5.41, 5.74) is 3.44. The van der Waals surface area contributed by atoms with Crippen LogP contribution in [-0.2, 0) is 18.0 Å². The fraction of sp³-hybridized carbons (Fsp3) is 0.375. The molecule has 0 saturated carbocycles. The number of carbonyl (C=O) groups is 1. The summed E-state index contributed by atoms with van der Waals surface area (Å²) >= 11 is 6.22. The fourth-order valence-electron chi connectivity index (χ4n) is 3.27. The van der Waals surface area contributed by atoms with Crippen LogP contribution in [0.3, 0.4) is 0 Å². The zero-order chi connectivity index (χ0) is 31.8. The topological polar surface area (TPSA) is 55.6 Å². The van der Waals surface area contributed by atoms with Crippen LogP contribution >= 0.6 is 11.6 Å². The Labute approximate surface area is 248 Å². The van der Waals surface area contributed by atoms with Crippen molar-refractivity contribution in [3.8, 4) is 5.75 Å². The molecule has 0 fully saturated rings. The van der Waals surface area contributed by atoms with E-state index in [1.807, 2.05) is 83.6 Å². The summed E-state index contributed by atoms with van der Waals surface area (Å²) in [6.45, 7) is 17.3. The molecule has 0 aliphatic rings. The van der Waals surface area contributed by atoms with E-state index in [-0.39, 0.29) is 5.69 Å². The zero-order valence-corrected chi connectivity index (χ0v) is 26.5. The van der Waals surface area contributed by atoms with Gasteiger partial charge in [-0.2, -0.15) is 13.2 Å². The molecule has 226 valence electrons. The standard InChI is InChI=1S/C19H23ClN2O.C9H8F3NO.2C2H6/c1-6-13(3)19(18-17(21-7-2)10-11-22(18)5)23-15-9-8-14(4)16(20)12-15;1-6(14)13-8-4-2-3-7(5-8)9(10,11)12;2*1-2/h7-12H,6H2,1-5H3;2-5H,1H3,(H,13,14);2*1-2H3/b19-13+,21-7?;;;. The van der Waals surface area contributed by atoms with E-state index < -0.39 is 17.6 Å². The van der Waals surface area contributed by atoms with Crippen molar-refractivity contribution in [3.63, 3.8) is 0 Å². The molecule has 3 rings (SSSR count). The SMILES string of the molecule is CC.CC.CC(=O)Nc1cccc(C(F)(F)F)c1.CC=Nc1ccn(C)c1/C(Oc1ccc(C)c(Cl)c1)=C(/C)CC. The molecular weight excluding hydrogens is 551 g/mol. The summed E-state index contributed by atoms with van der Waals surface area (Å²) in [7, 11) is 2.00. The number of ether oxygens (including phenoxy) is 1. The summed E-state index contributed by atoms with van der Waals surface area (Å²) in [5.74, 6) is 1.17. The quantitative estimate of drug-likeness (QED) is 0.228. The number of benzene rings is 2. The maximum atomic E-state index is 12.2. The molecule has 1 aromatic heterocycles. The van der Waals surface area contributed by atoms with Crippen molar-refractivity contribution in [2.45, 2.75) is 74.9 Å². The van der Waals surface area contributed by atoms with E-state index >= 15 is 0 Å². The first kappa shape index (κ1) is 37.5. The second kappa shape index (κ2) is 18.8. The number of nitrogens with zero attached hydrogens (tertiary/aromatic N) is 2. The molecule has 0 aliphatic heterocycles. The Morgan fingerprint density at radius 2 is 1.71 bits per heavy atom. The van der Waals surface area contributed by atoms with E-state index in [0.717, 1.165) is 52.6 Å². The number of alkyl halides is 3. The minimum absolute atomic E-state index is 0.146. The predicted octanol–water partition coefficient (Wildman–Crippen LogP) is 10.6. The van der Waals surface area contributed by atoms with Crippen molar-refractivity contribution in [2.75, 3.05) is 5.32 Å². The highest BCUT2D eigenvalue weighted by Crippen LogP contribution is 2.34. The van der Waals surface area contributed by atoms with Crippen LogP contribution in [0.1, 0.15) is 78.6 Å². The molecule has 0 atom stereocenters. The first-order chi connectivity index (χ1) is 19.4. The van der Waals surface area contributed by atoms with Crippen LogP contribution in [-0.4, -0.2) is 16.7 Å². The number of rotatable bonds is 6. The van der Waals surface area contributed by atoms with E-state index in [9.17, 15) is 18.0 Å². The van der Waals surface area contributed by atoms with Crippen LogP contribution in [0.2, 0.25) is 5.02 Å². The molecule has 0 unspecified atom stereocenters. The monoisotopic (exact) mass is 593 g/mol. The van der Waals surface area contributed by atoms with Gasteiger partial charge >= 0.3 is 6.18 Å². The third-order valence-corrected chi connectivity index (χ3v) is 5.73. The van der Waals surface area contributed by atoms with Crippen LogP contribution in [0.25, 0.3) is 5.76 Å². The predicted molar refractivity (Wildman–Crippen MR) is 167 cm³/mol. The summed E-state index contributed by atoms with van der Waals surface area (Å²) < 4.78 is 44.8. The summed E-state index contributed by atoms with van der Waals surface area (Å²) in [5, 5.41) is 2.98. The van der Waals surface area contributed by atoms with Gasteiger partial charge in [0.1, 0.15) is 11.4 Å². The molecular formula is C32H43ClF3N3O2. The average Bonchev–Trinajstić information content (AvgIpc) is 3.30. The minimum atomic E-state index is -4.38. The summed E-state index contributed by atoms with van der Waals surface area (Å²) in [6.07, 6.45) is 0.302. The highest BCUT2D eigenvalue weighted by atomic mass is 35.5. The Morgan fingerprint density at radius 3 is 2.22 bits per heavy atom. The van der Waals surface area contributed by atoms with Crippen molar-refractivity contribution in [1.82, 2.24) is 4.57 Å². The number of nitrogens with one attached hydrogen (secondary N) is 1. The summed E-state index contributed by atoms with van der Waals surface area (Å²) in [4.78, 5) is 15.0. The second-order valence-electron chi connectivity index (χ2n) is 8.28. The molecule has 1 N–H and O–H groups in total. The van der Waals surface area contributed by atoms with Gasteiger partial charge in [0.2, 0.25) is 5.91 Å². The number of anilines is 1. The Morgan fingerprint density at radius 1 is 1.07 bits per heavy atom.